The maximum absolute atomic E-state index is 12.6. The van der Waals surface area contributed by atoms with Crippen LogP contribution in [-0.2, 0) is 14.8 Å². The molecule has 13 heteroatoms. The molecule has 0 aliphatic carbocycles. The van der Waals surface area contributed by atoms with Crippen LogP contribution < -0.4 is 15.5 Å². The number of carbonyl (C=O) groups excluding carboxylic acids is 1. The third-order valence-corrected chi connectivity index (χ3v) is 5.76. The maximum atomic E-state index is 12.6. The molecule has 0 radical (unpaired) electrons. The fourth-order valence-electron chi connectivity index (χ4n) is 2.88. The molecule has 0 saturated carbocycles. The largest absolute Gasteiger partial charge is 0.478 e. The van der Waals surface area contributed by atoms with E-state index in [0.717, 1.165) is 0 Å². The topological polar surface area (TPSA) is 187 Å². The molecular formula is C22H19N7O5S. The van der Waals surface area contributed by atoms with E-state index in [1.807, 2.05) is 0 Å². The molecule has 178 valence electrons. The molecule has 0 bridgehead atoms. The van der Waals surface area contributed by atoms with Gasteiger partial charge in [0.2, 0.25) is 5.71 Å². The smallest absolute Gasteiger partial charge is 0.337 e. The molecule has 0 atom stereocenters. The molecule has 1 amide bonds. The molecule has 1 aromatic heterocycles. The number of aryl methyl sites for hydroxylation is 2. The second kappa shape index (κ2) is 10.4. The Hall–Kier alpha value is -4.83. The summed E-state index contributed by atoms with van der Waals surface area (Å²) < 4.78 is 27.6. The minimum atomic E-state index is -3.93. The molecule has 0 saturated heterocycles. The average molecular weight is 494 g/mol. The van der Waals surface area contributed by atoms with Crippen LogP contribution in [0, 0.1) is 25.2 Å². The Bertz CT molecular complexity index is 1440. The highest BCUT2D eigenvalue weighted by Gasteiger charge is 2.17. The molecule has 0 fully saturated rings. The number of hydrogen-bond acceptors (Lipinski definition) is 9. The molecular weight excluding hydrogens is 474 g/mol. The molecule has 0 unspecified atom stereocenters. The van der Waals surface area contributed by atoms with Gasteiger partial charge in [-0.2, -0.15) is 10.4 Å². The van der Waals surface area contributed by atoms with Gasteiger partial charge in [-0.05, 0) is 50.2 Å². The number of carbonyl (C=O) groups is 2. The summed E-state index contributed by atoms with van der Waals surface area (Å²) in [5, 5.41) is 24.5. The van der Waals surface area contributed by atoms with E-state index in [-0.39, 0.29) is 22.0 Å². The zero-order chi connectivity index (χ0) is 25.6. The standard InChI is InChI=1S/C22H19N7O5S/c1-13-11-20(25-14(2)24-13)29-35(33,34)16-9-7-15(8-10-16)27-28-19(12-23)21(30)26-18-6-4-3-5-17(18)22(31)32/h3-11,27H,1-2H3,(H,26,30)(H,31,32)(H,24,25,29). The van der Waals surface area contributed by atoms with E-state index in [1.165, 1.54) is 54.6 Å². The molecule has 0 spiro atoms. The molecule has 4 N–H and O–H groups in total. The number of carboxylic acids is 1. The van der Waals surface area contributed by atoms with E-state index in [9.17, 15) is 28.4 Å². The fraction of sp³-hybridized carbons (Fsp3) is 0.0909. The number of rotatable bonds is 8. The van der Waals surface area contributed by atoms with Gasteiger partial charge >= 0.3 is 5.97 Å². The first-order valence-corrected chi connectivity index (χ1v) is 11.4. The van der Waals surface area contributed by atoms with Crippen molar-refractivity contribution in [3.8, 4) is 6.07 Å². The number of carboxylic acid groups (broad SMARTS) is 1. The number of sulfonamides is 1. The second-order valence-electron chi connectivity index (χ2n) is 7.06. The number of aromatic nitrogens is 2. The number of amides is 1. The van der Waals surface area contributed by atoms with Gasteiger partial charge in [0, 0.05) is 11.8 Å². The van der Waals surface area contributed by atoms with Gasteiger partial charge in [-0.1, -0.05) is 12.1 Å². The lowest BCUT2D eigenvalue weighted by Crippen LogP contribution is -2.23. The van der Waals surface area contributed by atoms with Crippen LogP contribution in [0.15, 0.2) is 64.6 Å². The Morgan fingerprint density at radius 1 is 1.06 bits per heavy atom. The van der Waals surface area contributed by atoms with Crippen LogP contribution in [0.4, 0.5) is 17.2 Å². The van der Waals surface area contributed by atoms with Crippen molar-refractivity contribution in [1.82, 2.24) is 9.97 Å². The van der Waals surface area contributed by atoms with Crippen LogP contribution in [-0.4, -0.2) is 41.1 Å². The summed E-state index contributed by atoms with van der Waals surface area (Å²) in [6.45, 7) is 3.36. The monoisotopic (exact) mass is 493 g/mol. The van der Waals surface area contributed by atoms with Gasteiger partial charge < -0.3 is 10.4 Å². The van der Waals surface area contributed by atoms with Crippen molar-refractivity contribution in [2.45, 2.75) is 18.7 Å². The number of hydrazone groups is 1. The molecule has 12 nitrogen and oxygen atoms in total. The summed E-state index contributed by atoms with van der Waals surface area (Å²) in [5.74, 6) is -1.61. The maximum Gasteiger partial charge on any atom is 0.337 e. The Labute approximate surface area is 200 Å². The van der Waals surface area contributed by atoms with Crippen molar-refractivity contribution in [3.63, 3.8) is 0 Å². The molecule has 2 aromatic carbocycles. The summed E-state index contributed by atoms with van der Waals surface area (Å²) in [6, 6.07) is 14.2. The summed E-state index contributed by atoms with van der Waals surface area (Å²) in [4.78, 5) is 31.7. The molecule has 3 rings (SSSR count). The Morgan fingerprint density at radius 2 is 1.74 bits per heavy atom. The van der Waals surface area contributed by atoms with Crippen LogP contribution in [0.25, 0.3) is 0 Å². The lowest BCUT2D eigenvalue weighted by atomic mass is 10.1. The van der Waals surface area contributed by atoms with Crippen LogP contribution >= 0.6 is 0 Å². The zero-order valence-electron chi connectivity index (χ0n) is 18.5. The predicted molar refractivity (Wildman–Crippen MR) is 127 cm³/mol. The lowest BCUT2D eigenvalue weighted by molar-refractivity contribution is -0.110. The number of anilines is 3. The van der Waals surface area contributed by atoms with Gasteiger partial charge in [-0.3, -0.25) is 14.9 Å². The van der Waals surface area contributed by atoms with Gasteiger partial charge in [-0.25, -0.2) is 23.2 Å². The number of nitrogens with one attached hydrogen (secondary N) is 3. The van der Waals surface area contributed by atoms with Crippen LogP contribution in [0.5, 0.6) is 0 Å². The van der Waals surface area contributed by atoms with E-state index < -0.39 is 27.6 Å². The zero-order valence-corrected chi connectivity index (χ0v) is 19.3. The predicted octanol–water partition coefficient (Wildman–Crippen LogP) is 2.52. The highest BCUT2D eigenvalue weighted by Crippen LogP contribution is 2.18. The van der Waals surface area contributed by atoms with Crippen molar-refractivity contribution in [1.29, 1.82) is 5.26 Å². The Balaban J connectivity index is 1.71. The fourth-order valence-corrected chi connectivity index (χ4v) is 3.87. The van der Waals surface area contributed by atoms with Gasteiger partial charge in [0.25, 0.3) is 15.9 Å². The average Bonchev–Trinajstić information content (AvgIpc) is 2.79. The van der Waals surface area contributed by atoms with Gasteiger partial charge in [0.1, 0.15) is 17.7 Å². The van der Waals surface area contributed by atoms with Crippen LogP contribution in [0.3, 0.4) is 0 Å². The molecule has 35 heavy (non-hydrogen) atoms. The van der Waals surface area contributed by atoms with Crippen LogP contribution in [0.2, 0.25) is 0 Å². The molecule has 0 aliphatic rings. The summed E-state index contributed by atoms with van der Waals surface area (Å²) in [5.41, 5.74) is 2.68. The Kier molecular flexibility index (Phi) is 7.37. The van der Waals surface area contributed by atoms with Crippen molar-refractivity contribution in [3.05, 3.63) is 71.7 Å². The SMILES string of the molecule is Cc1cc(NS(=O)(=O)c2ccc(NN=C(C#N)C(=O)Nc3ccccc3C(=O)O)cc2)nc(C)n1. The van der Waals surface area contributed by atoms with E-state index >= 15 is 0 Å². The van der Waals surface area contributed by atoms with E-state index in [1.54, 1.807) is 19.9 Å². The first-order valence-electron chi connectivity index (χ1n) is 9.91. The van der Waals surface area contributed by atoms with E-state index in [0.29, 0.717) is 17.2 Å². The minimum Gasteiger partial charge on any atom is -0.478 e. The quantitative estimate of drug-likeness (QED) is 0.270. The minimum absolute atomic E-state index is 0.00378. The van der Waals surface area contributed by atoms with Gasteiger partial charge in [0.05, 0.1) is 21.8 Å². The number of benzene rings is 2. The number of nitriles is 1. The number of para-hydroxylation sites is 1. The normalized spacial score (nSPS) is 11.3. The lowest BCUT2D eigenvalue weighted by Gasteiger charge is -2.09. The summed E-state index contributed by atoms with van der Waals surface area (Å²) in [6.07, 6.45) is 0. The molecule has 0 aliphatic heterocycles. The first-order chi connectivity index (χ1) is 16.6. The van der Waals surface area contributed by atoms with Crippen molar-refractivity contribution < 1.29 is 23.1 Å². The van der Waals surface area contributed by atoms with Crippen LogP contribution in [0.1, 0.15) is 21.9 Å². The third kappa shape index (κ3) is 6.36. The van der Waals surface area contributed by atoms with Gasteiger partial charge in [-0.15, -0.1) is 0 Å². The number of nitrogens with zero attached hydrogens (tertiary/aromatic N) is 4. The molecule has 3 aromatic rings. The van der Waals surface area contributed by atoms with Crippen molar-refractivity contribution in [2.24, 2.45) is 5.10 Å². The van der Waals surface area contributed by atoms with Crippen molar-refractivity contribution in [2.75, 3.05) is 15.5 Å². The second-order valence-corrected chi connectivity index (χ2v) is 8.74. The number of hydrogen-bond donors (Lipinski definition) is 4. The molecule has 1 heterocycles. The van der Waals surface area contributed by atoms with E-state index in [2.05, 4.69) is 30.5 Å². The third-order valence-electron chi connectivity index (χ3n) is 4.39. The summed E-state index contributed by atoms with van der Waals surface area (Å²) in [7, 11) is -3.93. The Morgan fingerprint density at radius 3 is 2.37 bits per heavy atom. The van der Waals surface area contributed by atoms with Gasteiger partial charge in [0.15, 0.2) is 0 Å². The first kappa shape index (κ1) is 24.8. The number of aromatic carboxylic acids is 1. The summed E-state index contributed by atoms with van der Waals surface area (Å²) >= 11 is 0. The highest BCUT2D eigenvalue weighted by molar-refractivity contribution is 7.92. The van der Waals surface area contributed by atoms with Crippen molar-refractivity contribution >= 4 is 44.8 Å². The highest BCUT2D eigenvalue weighted by atomic mass is 32.2. The van der Waals surface area contributed by atoms with E-state index in [4.69, 9.17) is 0 Å².